The molecule has 1 aromatic carbocycles. The fraction of sp³-hybridized carbons (Fsp3) is 0.522. The molecule has 0 saturated carbocycles. The first kappa shape index (κ1) is 26.9. The number of hydrogen-bond donors (Lipinski definition) is 2. The van der Waals surface area contributed by atoms with Crippen molar-refractivity contribution >= 4 is 17.4 Å². The minimum absolute atomic E-state index is 0.000244. The van der Waals surface area contributed by atoms with Crippen LogP contribution < -0.4 is 31.4 Å². The van der Waals surface area contributed by atoms with E-state index in [-0.39, 0.29) is 43.0 Å². The van der Waals surface area contributed by atoms with Gasteiger partial charge < -0.3 is 24.8 Å². The number of methoxy groups -OCH3 is 3. The molecule has 1 amide bonds. The number of likely N-dealkylation sites (N-methyl/N-ethyl adjacent to an activating group) is 1. The summed E-state index contributed by atoms with van der Waals surface area (Å²) in [5, 5.41) is 0. The van der Waals surface area contributed by atoms with E-state index in [1.54, 1.807) is 32.2 Å². The molecule has 0 aliphatic carbocycles. The van der Waals surface area contributed by atoms with E-state index in [0.717, 1.165) is 5.56 Å². The summed E-state index contributed by atoms with van der Waals surface area (Å²) in [6.45, 7) is 4.89. The molecular weight excluding hydrogens is 442 g/mol. The van der Waals surface area contributed by atoms with Crippen LogP contribution in [0.2, 0.25) is 0 Å². The van der Waals surface area contributed by atoms with E-state index in [9.17, 15) is 14.4 Å². The van der Waals surface area contributed by atoms with E-state index in [1.165, 1.54) is 16.6 Å². The number of rotatable bonds is 12. The highest BCUT2D eigenvalue weighted by atomic mass is 16.5. The number of nitrogen functional groups attached to an aromatic ring is 1. The van der Waals surface area contributed by atoms with E-state index >= 15 is 0 Å². The Morgan fingerprint density at radius 2 is 1.82 bits per heavy atom. The third-order valence-electron chi connectivity index (χ3n) is 5.16. The highest BCUT2D eigenvalue weighted by Crippen LogP contribution is 2.28. The van der Waals surface area contributed by atoms with Gasteiger partial charge in [0.05, 0.1) is 27.4 Å². The molecule has 0 atom stereocenters. The minimum atomic E-state index is -0.713. The van der Waals surface area contributed by atoms with Crippen LogP contribution in [0.25, 0.3) is 0 Å². The lowest BCUT2D eigenvalue weighted by Crippen LogP contribution is -2.46. The summed E-state index contributed by atoms with van der Waals surface area (Å²) in [6.07, 6.45) is 0. The zero-order valence-electron chi connectivity index (χ0n) is 20.7. The molecule has 11 nitrogen and oxygen atoms in total. The van der Waals surface area contributed by atoms with Gasteiger partial charge in [0, 0.05) is 26.7 Å². The molecule has 11 heteroatoms. The maximum atomic E-state index is 13.3. The van der Waals surface area contributed by atoms with E-state index in [4.69, 9.17) is 19.9 Å². The topological polar surface area (TPSA) is 132 Å². The molecule has 1 aromatic heterocycles. The van der Waals surface area contributed by atoms with Crippen LogP contribution in [0.15, 0.2) is 27.8 Å². The van der Waals surface area contributed by atoms with Gasteiger partial charge in [0.15, 0.2) is 17.2 Å². The third kappa shape index (κ3) is 6.61. The number of aromatic amines is 1. The second-order valence-corrected chi connectivity index (χ2v) is 8.40. The quantitative estimate of drug-likeness (QED) is 0.461. The van der Waals surface area contributed by atoms with E-state index < -0.39 is 11.2 Å². The molecule has 2 aromatic rings. The zero-order valence-corrected chi connectivity index (χ0v) is 20.7. The monoisotopic (exact) mass is 477 g/mol. The second-order valence-electron chi connectivity index (χ2n) is 8.40. The van der Waals surface area contributed by atoms with Crippen LogP contribution in [-0.4, -0.2) is 68.4 Å². The van der Waals surface area contributed by atoms with Gasteiger partial charge in [-0.1, -0.05) is 19.9 Å². The Balaban J connectivity index is 2.31. The predicted molar refractivity (Wildman–Crippen MR) is 131 cm³/mol. The molecule has 0 unspecified atom stereocenters. The molecule has 0 radical (unpaired) electrons. The predicted octanol–water partition coefficient (Wildman–Crippen LogP) is 0.903. The fourth-order valence-electron chi connectivity index (χ4n) is 3.59. The zero-order chi connectivity index (χ0) is 25.4. The van der Waals surface area contributed by atoms with Crippen molar-refractivity contribution in [2.45, 2.75) is 26.9 Å². The molecule has 34 heavy (non-hydrogen) atoms. The van der Waals surface area contributed by atoms with Gasteiger partial charge >= 0.3 is 5.69 Å². The Labute approximate surface area is 199 Å². The number of nitrogens with one attached hydrogen (secondary N) is 1. The highest BCUT2D eigenvalue weighted by molar-refractivity contribution is 5.96. The number of carbonyl (C=O) groups excluding carboxylic acids is 1. The molecule has 3 N–H and O–H groups in total. The molecule has 1 heterocycles. The second kappa shape index (κ2) is 12.2. The van der Waals surface area contributed by atoms with Crippen LogP contribution in [-0.2, 0) is 22.6 Å². The van der Waals surface area contributed by atoms with Crippen molar-refractivity contribution in [2.75, 3.05) is 58.7 Å². The molecule has 0 aliphatic heterocycles. The van der Waals surface area contributed by atoms with E-state index in [1.807, 2.05) is 26.0 Å². The first-order valence-electron chi connectivity index (χ1n) is 10.9. The number of nitrogens with zero attached hydrogens (tertiary/aromatic N) is 3. The number of carbonyl (C=O) groups is 1. The lowest BCUT2D eigenvalue weighted by Gasteiger charge is -2.27. The summed E-state index contributed by atoms with van der Waals surface area (Å²) in [7, 11) is 6.41. The number of anilines is 2. The SMILES string of the molecule is COCCN(C(=O)CN(C)Cc1ccc(OC)c(OC)c1)c1c(N)n(CC(C)C)c(=O)[nH]c1=O. The smallest absolute Gasteiger partial charge is 0.330 e. The summed E-state index contributed by atoms with van der Waals surface area (Å²) in [6, 6.07) is 5.52. The molecule has 0 aliphatic rings. The number of hydrogen-bond acceptors (Lipinski definition) is 8. The first-order valence-corrected chi connectivity index (χ1v) is 10.9. The summed E-state index contributed by atoms with van der Waals surface area (Å²) in [4.78, 5) is 43.6. The van der Waals surface area contributed by atoms with Crippen molar-refractivity contribution in [1.82, 2.24) is 14.5 Å². The van der Waals surface area contributed by atoms with Crippen molar-refractivity contribution in [1.29, 1.82) is 0 Å². The maximum Gasteiger partial charge on any atom is 0.330 e. The van der Waals surface area contributed by atoms with E-state index in [0.29, 0.717) is 24.6 Å². The van der Waals surface area contributed by atoms with Crippen molar-refractivity contribution in [3.63, 3.8) is 0 Å². The van der Waals surface area contributed by atoms with Crippen LogP contribution in [0.3, 0.4) is 0 Å². The number of amides is 1. The lowest BCUT2D eigenvalue weighted by molar-refractivity contribution is -0.119. The number of ether oxygens (including phenoxy) is 3. The Morgan fingerprint density at radius 3 is 2.41 bits per heavy atom. The molecule has 0 saturated heterocycles. The number of H-pyrrole nitrogens is 1. The molecule has 0 fully saturated rings. The maximum absolute atomic E-state index is 13.3. The summed E-state index contributed by atoms with van der Waals surface area (Å²) < 4.78 is 17.0. The Bertz CT molecular complexity index is 1090. The van der Waals surface area contributed by atoms with Crippen LogP contribution in [0.5, 0.6) is 11.5 Å². The highest BCUT2D eigenvalue weighted by Gasteiger charge is 2.25. The Hall–Kier alpha value is -3.31. The molecule has 2 rings (SSSR count). The summed E-state index contributed by atoms with van der Waals surface area (Å²) in [5.41, 5.74) is 5.77. The van der Waals surface area contributed by atoms with Crippen LogP contribution in [0.4, 0.5) is 11.5 Å². The number of aromatic nitrogens is 2. The minimum Gasteiger partial charge on any atom is -0.493 e. The van der Waals surface area contributed by atoms with Gasteiger partial charge in [0.2, 0.25) is 5.91 Å². The summed E-state index contributed by atoms with van der Waals surface area (Å²) >= 11 is 0. The van der Waals surface area contributed by atoms with Gasteiger partial charge in [-0.3, -0.25) is 24.0 Å². The molecule has 0 bridgehead atoms. The Morgan fingerprint density at radius 1 is 1.15 bits per heavy atom. The first-order chi connectivity index (χ1) is 16.1. The summed E-state index contributed by atoms with van der Waals surface area (Å²) in [5.74, 6) is 0.908. The van der Waals surface area contributed by atoms with Crippen LogP contribution in [0.1, 0.15) is 19.4 Å². The van der Waals surface area contributed by atoms with Crippen molar-refractivity contribution in [2.24, 2.45) is 5.92 Å². The molecule has 188 valence electrons. The fourth-order valence-corrected chi connectivity index (χ4v) is 3.59. The van der Waals surface area contributed by atoms with Gasteiger partial charge in [0.1, 0.15) is 5.82 Å². The number of benzene rings is 1. The molecule has 0 spiro atoms. The van der Waals surface area contributed by atoms with Crippen LogP contribution in [0, 0.1) is 5.92 Å². The standard InChI is InChI=1S/C23H35N5O6/c1-15(2)12-28-21(24)20(22(30)25-23(28)31)27(9-10-32-4)19(29)14-26(3)13-16-7-8-17(33-5)18(11-16)34-6/h7-8,11,15H,9-10,12-14,24H2,1-6H3,(H,25,30,31). The van der Waals surface area contributed by atoms with Crippen molar-refractivity contribution in [3.05, 3.63) is 44.6 Å². The normalized spacial score (nSPS) is 11.2. The largest absolute Gasteiger partial charge is 0.493 e. The van der Waals surface area contributed by atoms with Crippen molar-refractivity contribution < 1.29 is 19.0 Å². The average Bonchev–Trinajstić information content (AvgIpc) is 2.78. The number of nitrogens with two attached hydrogens (primary N) is 1. The van der Waals surface area contributed by atoms with Gasteiger partial charge in [-0.25, -0.2) is 4.79 Å². The third-order valence-corrected chi connectivity index (χ3v) is 5.16. The average molecular weight is 478 g/mol. The van der Waals surface area contributed by atoms with E-state index in [2.05, 4.69) is 4.98 Å². The van der Waals surface area contributed by atoms with Gasteiger partial charge in [0.25, 0.3) is 5.56 Å². The van der Waals surface area contributed by atoms with Gasteiger partial charge in [-0.2, -0.15) is 0 Å². The molecular formula is C23H35N5O6. The van der Waals surface area contributed by atoms with Gasteiger partial charge in [-0.15, -0.1) is 0 Å². The Kier molecular flexibility index (Phi) is 9.69. The van der Waals surface area contributed by atoms with Crippen LogP contribution >= 0.6 is 0 Å². The van der Waals surface area contributed by atoms with Crippen molar-refractivity contribution in [3.8, 4) is 11.5 Å². The lowest BCUT2D eigenvalue weighted by atomic mass is 10.2. The van der Waals surface area contributed by atoms with Gasteiger partial charge in [-0.05, 0) is 30.7 Å².